The minimum Gasteiger partial charge on any atom is -0.478 e. The molecule has 11 nitrogen and oxygen atoms in total. The van der Waals surface area contributed by atoms with Gasteiger partial charge >= 0.3 is 12.0 Å². The maximum absolute atomic E-state index is 12.4. The summed E-state index contributed by atoms with van der Waals surface area (Å²) in [6.45, 7) is 0.336. The molecular formula is C18H22ClN3O8. The molecule has 1 heterocycles. The molecule has 3 amide bonds. The number of rotatable bonds is 7. The quantitative estimate of drug-likeness (QED) is 0.292. The largest absolute Gasteiger partial charge is 0.478 e. The third-order valence-corrected chi connectivity index (χ3v) is 4.49. The fourth-order valence-electron chi connectivity index (χ4n) is 2.85. The summed E-state index contributed by atoms with van der Waals surface area (Å²) in [5.41, 5.74) is 0.398. The summed E-state index contributed by atoms with van der Waals surface area (Å²) in [6.07, 6.45) is -3.87. The number of hydrogen-bond acceptors (Lipinski definition) is 7. The van der Waals surface area contributed by atoms with Gasteiger partial charge in [0, 0.05) is 17.6 Å². The van der Waals surface area contributed by atoms with Crippen LogP contribution in [0.5, 0.6) is 0 Å². The number of halogens is 1. The molecule has 1 aromatic rings. The SMILES string of the molecule is CC(=O)N[C@H]1[C@H]([C@H](O)[C@H](O)CO)OC(C(=O)O)=C[C@@H]1NC(=O)Nc1ccc(Cl)cc1. The molecule has 30 heavy (non-hydrogen) atoms. The molecule has 5 atom stereocenters. The number of carboxylic acid groups (broad SMARTS) is 1. The Bertz CT molecular complexity index is 816. The maximum Gasteiger partial charge on any atom is 0.370 e. The lowest BCUT2D eigenvalue weighted by atomic mass is 9.92. The second-order valence-electron chi connectivity index (χ2n) is 6.52. The summed E-state index contributed by atoms with van der Waals surface area (Å²) in [5, 5.41) is 46.4. The van der Waals surface area contributed by atoms with Crippen molar-refractivity contribution in [1.82, 2.24) is 10.6 Å². The molecular weight excluding hydrogens is 422 g/mol. The fourth-order valence-corrected chi connectivity index (χ4v) is 2.98. The maximum atomic E-state index is 12.4. The Hall–Kier alpha value is -2.86. The van der Waals surface area contributed by atoms with Crippen LogP contribution in [-0.2, 0) is 14.3 Å². The molecule has 2 rings (SSSR count). The zero-order valence-corrected chi connectivity index (χ0v) is 16.5. The van der Waals surface area contributed by atoms with E-state index in [0.717, 1.165) is 6.08 Å². The van der Waals surface area contributed by atoms with Crippen LogP contribution in [0.25, 0.3) is 0 Å². The predicted molar refractivity (Wildman–Crippen MR) is 105 cm³/mol. The molecule has 12 heteroatoms. The van der Waals surface area contributed by atoms with Gasteiger partial charge in [-0.15, -0.1) is 0 Å². The van der Waals surface area contributed by atoms with Crippen molar-refractivity contribution in [2.75, 3.05) is 11.9 Å². The van der Waals surface area contributed by atoms with Crippen LogP contribution in [0.4, 0.5) is 10.5 Å². The van der Waals surface area contributed by atoms with Crippen LogP contribution in [-0.4, -0.2) is 75.3 Å². The van der Waals surface area contributed by atoms with E-state index in [-0.39, 0.29) is 0 Å². The fraction of sp³-hybridized carbons (Fsp3) is 0.389. The first-order valence-corrected chi connectivity index (χ1v) is 9.19. The predicted octanol–water partition coefficient (Wildman–Crippen LogP) is -0.584. The molecule has 1 aliphatic heterocycles. The topological polar surface area (TPSA) is 177 Å². The number of carbonyl (C=O) groups is 3. The Morgan fingerprint density at radius 3 is 2.33 bits per heavy atom. The number of aliphatic carboxylic acids is 1. The lowest BCUT2D eigenvalue weighted by Crippen LogP contribution is -2.63. The standard InChI is InChI=1S/C18H22ClN3O8/c1-8(24)20-14-11(22-18(29)21-10-4-2-9(19)3-5-10)6-13(17(27)28)30-16(14)15(26)12(25)7-23/h2-6,11-12,14-16,23,25-26H,7H2,1H3,(H,20,24)(H,27,28)(H2,21,22,29)/t11-,12+,14+,15+,16+/m0/s1. The molecule has 0 radical (unpaired) electrons. The van der Waals surface area contributed by atoms with Gasteiger partial charge in [-0.2, -0.15) is 0 Å². The summed E-state index contributed by atoms with van der Waals surface area (Å²) in [4.78, 5) is 35.5. The van der Waals surface area contributed by atoms with Gasteiger partial charge in [-0.25, -0.2) is 9.59 Å². The van der Waals surface area contributed by atoms with E-state index < -0.39 is 60.7 Å². The van der Waals surface area contributed by atoms with Crippen molar-refractivity contribution < 1.29 is 39.5 Å². The van der Waals surface area contributed by atoms with Crippen LogP contribution < -0.4 is 16.0 Å². The number of carboxylic acids is 1. The van der Waals surface area contributed by atoms with Crippen LogP contribution in [0.15, 0.2) is 36.1 Å². The number of nitrogens with one attached hydrogen (secondary N) is 3. The number of aliphatic hydroxyl groups excluding tert-OH is 3. The molecule has 0 aromatic heterocycles. The van der Waals surface area contributed by atoms with Crippen molar-refractivity contribution in [3.63, 3.8) is 0 Å². The van der Waals surface area contributed by atoms with Crippen LogP contribution in [0.3, 0.4) is 0 Å². The molecule has 1 aliphatic rings. The molecule has 0 fully saturated rings. The van der Waals surface area contributed by atoms with Crippen molar-refractivity contribution >= 4 is 35.2 Å². The van der Waals surface area contributed by atoms with Gasteiger partial charge in [0.05, 0.1) is 18.7 Å². The highest BCUT2D eigenvalue weighted by atomic mass is 35.5. The molecule has 1 aromatic carbocycles. The van der Waals surface area contributed by atoms with Gasteiger partial charge in [-0.3, -0.25) is 4.79 Å². The molecule has 0 saturated heterocycles. The number of anilines is 1. The second kappa shape index (κ2) is 10.3. The van der Waals surface area contributed by atoms with Gasteiger partial charge in [0.25, 0.3) is 0 Å². The van der Waals surface area contributed by atoms with Crippen molar-refractivity contribution in [3.8, 4) is 0 Å². The number of aliphatic hydroxyl groups is 3. The first-order valence-electron chi connectivity index (χ1n) is 8.81. The Balaban J connectivity index is 2.29. The number of amides is 3. The molecule has 164 valence electrons. The Kier molecular flexibility index (Phi) is 8.00. The monoisotopic (exact) mass is 443 g/mol. The lowest BCUT2D eigenvalue weighted by molar-refractivity contribution is -0.146. The summed E-state index contributed by atoms with van der Waals surface area (Å²) in [7, 11) is 0. The van der Waals surface area contributed by atoms with Crippen LogP contribution in [0.2, 0.25) is 5.02 Å². The third kappa shape index (κ3) is 6.07. The smallest absolute Gasteiger partial charge is 0.370 e. The van der Waals surface area contributed by atoms with Crippen LogP contribution in [0.1, 0.15) is 6.92 Å². The highest BCUT2D eigenvalue weighted by molar-refractivity contribution is 6.30. The average Bonchev–Trinajstić information content (AvgIpc) is 2.69. The second-order valence-corrected chi connectivity index (χ2v) is 6.95. The number of ether oxygens (including phenoxy) is 1. The Morgan fingerprint density at radius 2 is 1.80 bits per heavy atom. The molecule has 0 spiro atoms. The van der Waals surface area contributed by atoms with Crippen molar-refractivity contribution in [2.45, 2.75) is 37.3 Å². The molecule has 0 bridgehead atoms. The van der Waals surface area contributed by atoms with Gasteiger partial charge in [0.15, 0.2) is 0 Å². The molecule has 0 aliphatic carbocycles. The third-order valence-electron chi connectivity index (χ3n) is 4.23. The van der Waals surface area contributed by atoms with Crippen molar-refractivity contribution in [2.24, 2.45) is 0 Å². The van der Waals surface area contributed by atoms with E-state index in [2.05, 4.69) is 16.0 Å². The minimum absolute atomic E-state index is 0.398. The highest BCUT2D eigenvalue weighted by Crippen LogP contribution is 2.23. The average molecular weight is 444 g/mol. The highest BCUT2D eigenvalue weighted by Gasteiger charge is 2.44. The van der Waals surface area contributed by atoms with Gasteiger partial charge in [-0.1, -0.05) is 11.6 Å². The van der Waals surface area contributed by atoms with E-state index >= 15 is 0 Å². The zero-order valence-electron chi connectivity index (χ0n) is 15.8. The Labute approximate surface area is 176 Å². The number of benzene rings is 1. The van der Waals surface area contributed by atoms with Gasteiger partial charge in [0.1, 0.15) is 18.3 Å². The normalized spacial score (nSPS) is 22.7. The van der Waals surface area contributed by atoms with E-state index in [1.165, 1.54) is 6.92 Å². The number of urea groups is 1. The van der Waals surface area contributed by atoms with E-state index in [1.807, 2.05) is 0 Å². The number of carbonyl (C=O) groups excluding carboxylic acids is 2. The van der Waals surface area contributed by atoms with E-state index in [4.69, 9.17) is 21.4 Å². The minimum atomic E-state index is -1.77. The van der Waals surface area contributed by atoms with Crippen molar-refractivity contribution in [1.29, 1.82) is 0 Å². The first kappa shape index (κ1) is 23.4. The van der Waals surface area contributed by atoms with E-state index in [1.54, 1.807) is 24.3 Å². The lowest BCUT2D eigenvalue weighted by Gasteiger charge is -2.40. The van der Waals surface area contributed by atoms with Crippen LogP contribution in [0, 0.1) is 0 Å². The van der Waals surface area contributed by atoms with Crippen LogP contribution >= 0.6 is 11.6 Å². The molecule has 7 N–H and O–H groups in total. The number of hydrogen-bond donors (Lipinski definition) is 7. The molecule has 0 unspecified atom stereocenters. The van der Waals surface area contributed by atoms with Gasteiger partial charge in [0.2, 0.25) is 11.7 Å². The first-order chi connectivity index (χ1) is 14.1. The zero-order chi connectivity index (χ0) is 22.4. The van der Waals surface area contributed by atoms with Crippen molar-refractivity contribution in [3.05, 3.63) is 41.1 Å². The van der Waals surface area contributed by atoms with Gasteiger partial charge < -0.3 is 41.1 Å². The van der Waals surface area contributed by atoms with E-state index in [0.29, 0.717) is 10.7 Å². The summed E-state index contributed by atoms with van der Waals surface area (Å²) < 4.78 is 5.23. The van der Waals surface area contributed by atoms with Gasteiger partial charge in [-0.05, 0) is 30.3 Å². The summed E-state index contributed by atoms with van der Waals surface area (Å²) >= 11 is 5.79. The summed E-state index contributed by atoms with van der Waals surface area (Å²) in [5.74, 6) is -2.66. The van der Waals surface area contributed by atoms with E-state index in [9.17, 15) is 29.7 Å². The molecule has 0 saturated carbocycles. The summed E-state index contributed by atoms with van der Waals surface area (Å²) in [6, 6.07) is 3.16. The Morgan fingerprint density at radius 1 is 1.17 bits per heavy atom.